The number of fused-ring (bicyclic) bond motifs is 1. The van der Waals surface area contributed by atoms with Crippen molar-refractivity contribution in [2.24, 2.45) is 0 Å². The first kappa shape index (κ1) is 11.3. The lowest BCUT2D eigenvalue weighted by Crippen LogP contribution is -2.42. The monoisotopic (exact) mass is 294 g/mol. The summed E-state index contributed by atoms with van der Waals surface area (Å²) in [6.07, 6.45) is 1.89. The molecule has 0 radical (unpaired) electrons. The van der Waals surface area contributed by atoms with Crippen LogP contribution < -0.4 is 5.32 Å². The van der Waals surface area contributed by atoms with Crippen molar-refractivity contribution >= 4 is 26.9 Å². The Morgan fingerprint density at radius 1 is 1.29 bits per heavy atom. The van der Waals surface area contributed by atoms with Crippen LogP contribution in [-0.2, 0) is 6.54 Å². The molecule has 1 aliphatic rings. The minimum Gasteiger partial charge on any atom is -0.464 e. The van der Waals surface area contributed by atoms with Crippen LogP contribution in [0.2, 0.25) is 0 Å². The predicted molar refractivity (Wildman–Crippen MR) is 72.1 cm³/mol. The predicted octanol–water partition coefficient (Wildman–Crippen LogP) is 2.60. The molecule has 17 heavy (non-hydrogen) atoms. The van der Waals surface area contributed by atoms with Gasteiger partial charge >= 0.3 is 0 Å². The Morgan fingerprint density at radius 2 is 2.12 bits per heavy atom. The number of rotatable bonds is 2. The number of furan rings is 1. The maximum atomic E-state index is 5.60. The summed E-state index contributed by atoms with van der Waals surface area (Å²) in [6, 6.07) is 6.22. The van der Waals surface area contributed by atoms with Crippen LogP contribution in [0.3, 0.4) is 0 Å². The molecule has 90 valence electrons. The molecule has 1 aliphatic heterocycles. The SMILES string of the molecule is Brc1ccc2c(CN3CCNCC3)coc2c1. The highest BCUT2D eigenvalue weighted by molar-refractivity contribution is 9.10. The average molecular weight is 295 g/mol. The van der Waals surface area contributed by atoms with Gasteiger partial charge in [-0.25, -0.2) is 0 Å². The number of benzene rings is 1. The summed E-state index contributed by atoms with van der Waals surface area (Å²) in [7, 11) is 0. The highest BCUT2D eigenvalue weighted by Gasteiger charge is 2.13. The molecule has 2 aromatic rings. The molecule has 0 spiro atoms. The van der Waals surface area contributed by atoms with E-state index < -0.39 is 0 Å². The van der Waals surface area contributed by atoms with Gasteiger partial charge in [-0.15, -0.1) is 0 Å². The van der Waals surface area contributed by atoms with Gasteiger partial charge in [-0.2, -0.15) is 0 Å². The van der Waals surface area contributed by atoms with Crippen LogP contribution in [0.1, 0.15) is 5.56 Å². The van der Waals surface area contributed by atoms with Gasteiger partial charge in [-0.3, -0.25) is 4.90 Å². The highest BCUT2D eigenvalue weighted by atomic mass is 79.9. The summed E-state index contributed by atoms with van der Waals surface area (Å²) in [5, 5.41) is 4.60. The molecule has 1 aromatic carbocycles. The molecule has 0 atom stereocenters. The zero-order valence-corrected chi connectivity index (χ0v) is 11.2. The average Bonchev–Trinajstić information content (AvgIpc) is 2.73. The zero-order valence-electron chi connectivity index (χ0n) is 9.58. The third kappa shape index (κ3) is 2.39. The summed E-state index contributed by atoms with van der Waals surface area (Å²) in [6.45, 7) is 5.38. The summed E-state index contributed by atoms with van der Waals surface area (Å²) >= 11 is 3.46. The van der Waals surface area contributed by atoms with Gasteiger partial charge in [0.15, 0.2) is 0 Å². The van der Waals surface area contributed by atoms with Crippen molar-refractivity contribution in [2.75, 3.05) is 26.2 Å². The second-order valence-electron chi connectivity index (χ2n) is 4.43. The maximum absolute atomic E-state index is 5.60. The zero-order chi connectivity index (χ0) is 11.7. The van der Waals surface area contributed by atoms with Crippen molar-refractivity contribution in [2.45, 2.75) is 6.54 Å². The fourth-order valence-electron chi connectivity index (χ4n) is 2.29. The van der Waals surface area contributed by atoms with Crippen LogP contribution in [0, 0.1) is 0 Å². The largest absolute Gasteiger partial charge is 0.464 e. The van der Waals surface area contributed by atoms with E-state index in [9.17, 15) is 0 Å². The fourth-order valence-corrected chi connectivity index (χ4v) is 2.63. The quantitative estimate of drug-likeness (QED) is 0.923. The van der Waals surface area contributed by atoms with Crippen LogP contribution in [0.25, 0.3) is 11.0 Å². The summed E-state index contributed by atoms with van der Waals surface area (Å²) < 4.78 is 6.66. The van der Waals surface area contributed by atoms with Gasteiger partial charge in [0.2, 0.25) is 0 Å². The Kier molecular flexibility index (Phi) is 3.18. The van der Waals surface area contributed by atoms with Gasteiger partial charge in [0.05, 0.1) is 6.26 Å². The van der Waals surface area contributed by atoms with Gasteiger partial charge in [-0.1, -0.05) is 15.9 Å². The highest BCUT2D eigenvalue weighted by Crippen LogP contribution is 2.25. The van der Waals surface area contributed by atoms with E-state index in [4.69, 9.17) is 4.42 Å². The molecule has 3 rings (SSSR count). The van der Waals surface area contributed by atoms with Crippen LogP contribution >= 0.6 is 15.9 Å². The van der Waals surface area contributed by atoms with E-state index in [0.29, 0.717) is 0 Å². The molecule has 1 saturated heterocycles. The minimum atomic E-state index is 0.963. The summed E-state index contributed by atoms with van der Waals surface area (Å²) in [4.78, 5) is 2.46. The Labute approximate surface area is 109 Å². The van der Waals surface area contributed by atoms with Crippen LogP contribution in [-0.4, -0.2) is 31.1 Å². The van der Waals surface area contributed by atoms with Gasteiger partial charge in [0.1, 0.15) is 5.58 Å². The van der Waals surface area contributed by atoms with Crippen molar-refractivity contribution < 1.29 is 4.42 Å². The van der Waals surface area contributed by atoms with Crippen molar-refractivity contribution in [3.05, 3.63) is 34.5 Å². The molecule has 2 heterocycles. The molecule has 0 saturated carbocycles. The Morgan fingerprint density at radius 3 is 2.94 bits per heavy atom. The van der Waals surface area contributed by atoms with E-state index in [0.717, 1.165) is 42.8 Å². The summed E-state index contributed by atoms with van der Waals surface area (Å²) in [5.74, 6) is 0. The molecule has 0 bridgehead atoms. The van der Waals surface area contributed by atoms with E-state index in [1.807, 2.05) is 12.3 Å². The molecule has 3 nitrogen and oxygen atoms in total. The third-order valence-electron chi connectivity index (χ3n) is 3.22. The lowest BCUT2D eigenvalue weighted by molar-refractivity contribution is 0.233. The summed E-state index contributed by atoms with van der Waals surface area (Å²) in [5.41, 5.74) is 2.25. The molecule has 0 unspecified atom stereocenters. The normalized spacial score (nSPS) is 17.7. The standard InChI is InChI=1S/C13H15BrN2O/c14-11-1-2-12-10(9-17-13(12)7-11)8-16-5-3-15-4-6-16/h1-2,7,9,15H,3-6,8H2. The number of nitrogens with one attached hydrogen (secondary N) is 1. The van der Waals surface area contributed by atoms with E-state index in [1.165, 1.54) is 10.9 Å². The molecule has 1 fully saturated rings. The van der Waals surface area contributed by atoms with E-state index in [-0.39, 0.29) is 0 Å². The Hall–Kier alpha value is -0.840. The van der Waals surface area contributed by atoms with Crippen LogP contribution in [0.4, 0.5) is 0 Å². The molecule has 0 aliphatic carbocycles. The van der Waals surface area contributed by atoms with Crippen LogP contribution in [0.5, 0.6) is 0 Å². The Balaban J connectivity index is 1.84. The van der Waals surface area contributed by atoms with E-state index in [2.05, 4.69) is 38.3 Å². The third-order valence-corrected chi connectivity index (χ3v) is 3.71. The second kappa shape index (κ2) is 4.80. The lowest BCUT2D eigenvalue weighted by Gasteiger charge is -2.26. The molecule has 4 heteroatoms. The topological polar surface area (TPSA) is 28.4 Å². The number of piperazine rings is 1. The van der Waals surface area contributed by atoms with Crippen molar-refractivity contribution in [3.8, 4) is 0 Å². The first-order valence-electron chi connectivity index (χ1n) is 5.91. The van der Waals surface area contributed by atoms with E-state index >= 15 is 0 Å². The molecule has 0 amide bonds. The number of halogens is 1. The number of nitrogens with zero attached hydrogens (tertiary/aromatic N) is 1. The second-order valence-corrected chi connectivity index (χ2v) is 5.34. The van der Waals surface area contributed by atoms with Gasteiger partial charge in [-0.05, 0) is 18.2 Å². The van der Waals surface area contributed by atoms with Gasteiger partial charge in [0.25, 0.3) is 0 Å². The molecule has 1 aromatic heterocycles. The molecular formula is C13H15BrN2O. The minimum absolute atomic E-state index is 0.963. The molecule has 1 N–H and O–H groups in total. The number of hydrogen-bond acceptors (Lipinski definition) is 3. The van der Waals surface area contributed by atoms with Gasteiger partial charge in [0, 0.05) is 48.1 Å². The maximum Gasteiger partial charge on any atom is 0.135 e. The Bertz CT molecular complexity index is 517. The fraction of sp³-hybridized carbons (Fsp3) is 0.385. The van der Waals surface area contributed by atoms with E-state index in [1.54, 1.807) is 0 Å². The van der Waals surface area contributed by atoms with Crippen molar-refractivity contribution in [3.63, 3.8) is 0 Å². The first-order chi connectivity index (χ1) is 8.33. The number of hydrogen-bond donors (Lipinski definition) is 1. The molecular weight excluding hydrogens is 280 g/mol. The van der Waals surface area contributed by atoms with Crippen molar-refractivity contribution in [1.82, 2.24) is 10.2 Å². The van der Waals surface area contributed by atoms with Crippen LogP contribution in [0.15, 0.2) is 33.4 Å². The van der Waals surface area contributed by atoms with Crippen molar-refractivity contribution in [1.29, 1.82) is 0 Å². The lowest BCUT2D eigenvalue weighted by atomic mass is 10.1. The smallest absolute Gasteiger partial charge is 0.135 e. The first-order valence-corrected chi connectivity index (χ1v) is 6.71. The van der Waals surface area contributed by atoms with Gasteiger partial charge < -0.3 is 9.73 Å².